The van der Waals surface area contributed by atoms with Crippen LogP contribution in [0.15, 0.2) is 120 Å². The van der Waals surface area contributed by atoms with Crippen LogP contribution in [0, 0.1) is 0 Å². The molecule has 92 heavy (non-hydrogen) atoms. The second kappa shape index (κ2) is 38.0. The van der Waals surface area contributed by atoms with Gasteiger partial charge in [0.25, 0.3) is 0 Å². The molecule has 4 aromatic heterocycles. The van der Waals surface area contributed by atoms with Crippen molar-refractivity contribution < 1.29 is 0 Å². The van der Waals surface area contributed by atoms with E-state index in [0.29, 0.717) is 0 Å². The van der Waals surface area contributed by atoms with Crippen LogP contribution in [-0.4, -0.2) is 0 Å². The molecule has 10 rings (SSSR count). The highest BCUT2D eigenvalue weighted by molar-refractivity contribution is 7.34. The topological polar surface area (TPSA) is 0 Å². The second-order valence-electron chi connectivity index (χ2n) is 28.6. The molecule has 0 nitrogen and oxygen atoms in total. The molecule has 0 saturated carbocycles. The van der Waals surface area contributed by atoms with Crippen LogP contribution in [0.25, 0.3) is 28.9 Å². The molecule has 0 atom stereocenters. The molecule has 0 radical (unpaired) electrons. The van der Waals surface area contributed by atoms with Gasteiger partial charge in [-0.25, -0.2) is 0 Å². The lowest BCUT2D eigenvalue weighted by molar-refractivity contribution is 0.556. The van der Waals surface area contributed by atoms with E-state index in [1.807, 2.05) is 22.7 Å². The summed E-state index contributed by atoms with van der Waals surface area (Å²) >= 11 is 8.24. The number of hydrogen-bond donors (Lipinski definition) is 0. The van der Waals surface area contributed by atoms with Crippen molar-refractivity contribution in [3.63, 3.8) is 0 Å². The van der Waals surface area contributed by atoms with Gasteiger partial charge in [-0.2, -0.15) is 0 Å². The molecule has 0 spiro atoms. The van der Waals surface area contributed by atoms with E-state index in [4.69, 9.17) is 0 Å². The first-order valence-electron chi connectivity index (χ1n) is 38.7. The normalized spacial score (nSPS) is 13.6. The Kier molecular flexibility index (Phi) is 29.2. The van der Waals surface area contributed by atoms with Crippen molar-refractivity contribution in [2.24, 2.45) is 0 Å². The zero-order valence-corrected chi connectivity index (χ0v) is 61.6. The highest BCUT2D eigenvalue weighted by Gasteiger charge is 2.54. The van der Waals surface area contributed by atoms with E-state index in [2.05, 4.69) is 170 Å². The summed E-state index contributed by atoms with van der Waals surface area (Å²) in [7, 11) is 0. The second-order valence-corrected chi connectivity index (χ2v) is 32.5. The number of hydrogen-bond acceptors (Lipinski definition) is 4. The largest absolute Gasteiger partial charge is 0.143 e. The number of aryl methyl sites for hydroxylation is 4. The highest BCUT2D eigenvalue weighted by Crippen LogP contribution is 2.69. The molecule has 2 aliphatic carbocycles. The number of rotatable bonds is 48. The molecule has 4 aromatic carbocycles. The molecule has 0 unspecified atom stereocenters. The van der Waals surface area contributed by atoms with Crippen molar-refractivity contribution in [1.82, 2.24) is 0 Å². The highest BCUT2D eigenvalue weighted by atomic mass is 32.1. The van der Waals surface area contributed by atoms with Crippen molar-refractivity contribution in [2.45, 2.75) is 321 Å². The lowest BCUT2D eigenvalue weighted by Crippen LogP contribution is -2.28. The van der Waals surface area contributed by atoms with Crippen LogP contribution >= 0.6 is 45.3 Å². The summed E-state index contributed by atoms with van der Waals surface area (Å²) in [6.45, 7) is 9.29. The molecule has 2 aliphatic rings. The molecule has 0 aliphatic heterocycles. The van der Waals surface area contributed by atoms with Gasteiger partial charge in [-0.3, -0.25) is 0 Å². The van der Waals surface area contributed by atoms with Gasteiger partial charge in [-0.05, 0) is 130 Å². The lowest BCUT2D eigenvalue weighted by Gasteiger charge is -2.34. The predicted molar refractivity (Wildman–Crippen MR) is 412 cm³/mol. The average molecular weight is 1310 g/mol. The molecular formula is C88H120S4. The van der Waals surface area contributed by atoms with Crippen molar-refractivity contribution in [3.8, 4) is 19.5 Å². The molecule has 4 heteroatoms. The van der Waals surface area contributed by atoms with Gasteiger partial charge in [0.15, 0.2) is 0 Å². The maximum atomic E-state index is 2.57. The van der Waals surface area contributed by atoms with E-state index in [1.54, 1.807) is 11.1 Å². The minimum Gasteiger partial charge on any atom is -0.143 e. The van der Waals surface area contributed by atoms with Crippen LogP contribution in [0.2, 0.25) is 0 Å². The fourth-order valence-electron chi connectivity index (χ4n) is 16.2. The third kappa shape index (κ3) is 17.6. The predicted octanol–water partition coefficient (Wildman–Crippen LogP) is 29.7. The first-order chi connectivity index (χ1) is 45.6. The van der Waals surface area contributed by atoms with Gasteiger partial charge in [0.2, 0.25) is 0 Å². The number of fused-ring (bicyclic) bond motifs is 9. The summed E-state index contributed by atoms with van der Waals surface area (Å²) in [4.78, 5) is 5.98. The minimum absolute atomic E-state index is 0.416. The number of thiophene rings is 4. The molecule has 0 amide bonds. The van der Waals surface area contributed by atoms with E-state index >= 15 is 0 Å². The lowest BCUT2D eigenvalue weighted by atomic mass is 9.67. The Hall–Kier alpha value is -4.06. The Balaban J connectivity index is 0.973. The third-order valence-electron chi connectivity index (χ3n) is 21.6. The summed E-state index contributed by atoms with van der Waals surface area (Å²) < 4.78 is 3.03. The van der Waals surface area contributed by atoms with Gasteiger partial charge in [0, 0.05) is 20.9 Å². The fourth-order valence-corrected chi connectivity index (χ4v) is 21.6. The standard InChI is InChI=1S/C88H120S4/c1-5-9-13-17-21-25-29-33-37-41-45-69-49-57-73(58-50-69)87(74-59-51-70(52-60-74)46-42-38-34-30-26-22-18-14-10-6-2)77-65-67-89-81(77)83-79(87)85-86(91-83)80-84(92-85)82-78(66-68-90-82)88(80,75-61-53-71(54-62-75)47-43-39-35-31-27-23-19-15-11-7-3)76-63-55-72(56-64-76)48-44-40-36-32-28-24-20-16-12-8-4/h49-68H,5-48H2,1-4H3. The maximum absolute atomic E-state index is 2.57. The molecular weight excluding hydrogens is 1190 g/mol. The molecule has 0 N–H and O–H groups in total. The third-order valence-corrected chi connectivity index (χ3v) is 26.3. The van der Waals surface area contributed by atoms with Gasteiger partial charge in [-0.1, -0.05) is 356 Å². The van der Waals surface area contributed by atoms with Crippen molar-refractivity contribution in [1.29, 1.82) is 0 Å². The zero-order chi connectivity index (χ0) is 63.5. The Labute approximate surface area is 577 Å². The van der Waals surface area contributed by atoms with Crippen LogP contribution in [0.5, 0.6) is 0 Å². The molecule has 8 aromatic rings. The van der Waals surface area contributed by atoms with Gasteiger partial charge in [0.05, 0.1) is 30.0 Å². The van der Waals surface area contributed by atoms with Gasteiger partial charge < -0.3 is 0 Å². The first kappa shape index (κ1) is 70.7. The summed E-state index contributed by atoms with van der Waals surface area (Å²) in [5.74, 6) is 0. The van der Waals surface area contributed by atoms with Crippen LogP contribution in [-0.2, 0) is 36.5 Å². The van der Waals surface area contributed by atoms with E-state index < -0.39 is 10.8 Å². The van der Waals surface area contributed by atoms with Crippen LogP contribution in [0.4, 0.5) is 0 Å². The minimum atomic E-state index is -0.416. The zero-order valence-electron chi connectivity index (χ0n) is 58.3. The van der Waals surface area contributed by atoms with E-state index in [0.717, 1.165) is 0 Å². The van der Waals surface area contributed by atoms with E-state index in [-0.39, 0.29) is 0 Å². The summed E-state index contributed by atoms with van der Waals surface area (Å²) in [6.07, 6.45) is 59.8. The van der Waals surface area contributed by atoms with Crippen molar-refractivity contribution in [3.05, 3.63) is 187 Å². The molecule has 0 fully saturated rings. The summed E-state index contributed by atoms with van der Waals surface area (Å²) in [5.41, 5.74) is 16.9. The van der Waals surface area contributed by atoms with Gasteiger partial charge in [0.1, 0.15) is 0 Å². The Morgan fingerprint density at radius 2 is 0.435 bits per heavy atom. The quantitative estimate of drug-likeness (QED) is 0.0334. The summed E-state index contributed by atoms with van der Waals surface area (Å²) in [5, 5.41) is 4.83. The Bertz CT molecular complexity index is 2960. The Morgan fingerprint density at radius 1 is 0.228 bits per heavy atom. The Morgan fingerprint density at radius 3 is 0.652 bits per heavy atom. The SMILES string of the molecule is CCCCCCCCCCCCc1ccc(C2(c3ccc(CCCCCCCCCCCC)cc3)c3ccsc3-c3sc4c5c(sc4c32)-c2sccc2C5(c2ccc(CCCCCCCCCCCC)cc2)c2ccc(CCCCCCCCCCCC)cc2)cc1. The molecule has 0 saturated heterocycles. The average Bonchev–Trinajstić information content (AvgIpc) is 1.49. The molecule has 0 bridgehead atoms. The van der Waals surface area contributed by atoms with Crippen LogP contribution in [0.1, 0.15) is 351 Å². The van der Waals surface area contributed by atoms with Gasteiger partial charge >= 0.3 is 0 Å². The first-order valence-corrected chi connectivity index (χ1v) is 42.1. The van der Waals surface area contributed by atoms with Crippen molar-refractivity contribution in [2.75, 3.05) is 0 Å². The van der Waals surface area contributed by atoms with Crippen molar-refractivity contribution >= 4 is 54.7 Å². The van der Waals surface area contributed by atoms with Crippen LogP contribution < -0.4 is 0 Å². The smallest absolute Gasteiger partial charge is 0.0744 e. The van der Waals surface area contributed by atoms with E-state index in [1.165, 1.54) is 367 Å². The monoisotopic (exact) mass is 1300 g/mol. The van der Waals surface area contributed by atoms with E-state index in [9.17, 15) is 0 Å². The molecule has 496 valence electrons. The number of unbranched alkanes of at least 4 members (excludes halogenated alkanes) is 36. The number of benzene rings is 4. The molecule has 4 heterocycles. The fraction of sp³-hybridized carbons (Fsp3) is 0.568. The van der Waals surface area contributed by atoms with Gasteiger partial charge in [-0.15, -0.1) is 45.3 Å². The summed E-state index contributed by atoms with van der Waals surface area (Å²) in [6, 6.07) is 45.8. The van der Waals surface area contributed by atoms with Crippen LogP contribution in [0.3, 0.4) is 0 Å². The maximum Gasteiger partial charge on any atom is 0.0744 e.